The van der Waals surface area contributed by atoms with Gasteiger partial charge in [-0.15, -0.1) is 0 Å². The Bertz CT molecular complexity index is 759. The molecule has 1 aromatic carbocycles. The van der Waals surface area contributed by atoms with Crippen molar-refractivity contribution < 1.29 is 34.9 Å². The number of carboxylic acid groups (broad SMARTS) is 2. The fourth-order valence-corrected chi connectivity index (χ4v) is 1.84. The Morgan fingerprint density at radius 3 is 2.15 bits per heavy atom. The van der Waals surface area contributed by atoms with Gasteiger partial charge < -0.3 is 25.3 Å². The van der Waals surface area contributed by atoms with Gasteiger partial charge in [0.2, 0.25) is 5.75 Å². The average Bonchev–Trinajstić information content (AvgIpc) is 2.55. The van der Waals surface area contributed by atoms with E-state index in [9.17, 15) is 25.1 Å². The number of carbonyl (C=O) groups is 2. The lowest BCUT2D eigenvalue weighted by Gasteiger charge is -2.17. The van der Waals surface area contributed by atoms with Crippen molar-refractivity contribution in [3.8, 4) is 17.6 Å². The number of rotatable bonds is 5. The van der Waals surface area contributed by atoms with E-state index in [1.807, 2.05) is 0 Å². The Kier molecular flexibility index (Phi) is 8.65. The lowest BCUT2D eigenvalue weighted by molar-refractivity contribution is -0.386. The minimum atomic E-state index is -1.83. The molecule has 11 nitrogen and oxygen atoms in total. The number of likely N-dealkylation sites (N-methyl/N-ethyl adjacent to an activating group) is 1. The molecular formula is C15H17N3O8. The van der Waals surface area contributed by atoms with Crippen LogP contribution in [-0.4, -0.2) is 55.4 Å². The zero-order valence-corrected chi connectivity index (χ0v) is 13.9. The van der Waals surface area contributed by atoms with Gasteiger partial charge in [-0.2, -0.15) is 5.26 Å². The van der Waals surface area contributed by atoms with Crippen LogP contribution in [0.4, 0.5) is 10.5 Å². The fourth-order valence-electron chi connectivity index (χ4n) is 1.84. The first-order valence-corrected chi connectivity index (χ1v) is 7.12. The SMILES string of the molecule is CCN(CC)C(=O)/C(C#N)=C/c1cc(O)c(O)c([N+](=O)[O-])c1.O=C(O)O. The normalized spacial score (nSPS) is 10.1. The van der Waals surface area contributed by atoms with Crippen LogP contribution in [0.3, 0.4) is 0 Å². The number of phenolic OH excluding ortho intramolecular Hbond substituents is 2. The molecule has 1 aromatic rings. The highest BCUT2D eigenvalue weighted by atomic mass is 16.6. The molecule has 0 saturated carbocycles. The number of benzene rings is 1. The molecule has 0 unspecified atom stereocenters. The number of nitro groups is 1. The third-order valence-corrected chi connectivity index (χ3v) is 3.00. The summed E-state index contributed by atoms with van der Waals surface area (Å²) in [5.74, 6) is -2.08. The van der Waals surface area contributed by atoms with Gasteiger partial charge >= 0.3 is 11.8 Å². The number of hydrogen-bond donors (Lipinski definition) is 4. The third kappa shape index (κ3) is 6.36. The number of amides is 1. The van der Waals surface area contributed by atoms with E-state index >= 15 is 0 Å². The quantitative estimate of drug-likeness (QED) is 0.198. The van der Waals surface area contributed by atoms with Gasteiger partial charge in [-0.25, -0.2) is 4.79 Å². The van der Waals surface area contributed by atoms with E-state index in [-0.39, 0.29) is 11.1 Å². The van der Waals surface area contributed by atoms with Crippen molar-refractivity contribution in [2.45, 2.75) is 13.8 Å². The van der Waals surface area contributed by atoms with Gasteiger partial charge in [0.15, 0.2) is 5.75 Å². The second kappa shape index (κ2) is 10.1. The Morgan fingerprint density at radius 1 is 1.27 bits per heavy atom. The predicted molar refractivity (Wildman–Crippen MR) is 88.6 cm³/mol. The summed E-state index contributed by atoms with van der Waals surface area (Å²) in [5, 5.41) is 52.7. The molecule has 0 atom stereocenters. The highest BCUT2D eigenvalue weighted by Crippen LogP contribution is 2.36. The summed E-state index contributed by atoms with van der Waals surface area (Å²) in [6.45, 7) is 4.34. The first-order valence-electron chi connectivity index (χ1n) is 7.12. The number of carbonyl (C=O) groups excluding carboxylic acids is 1. The minimum absolute atomic E-state index is 0.0686. The van der Waals surface area contributed by atoms with Crippen LogP contribution in [0, 0.1) is 21.4 Å². The molecule has 0 aliphatic carbocycles. The van der Waals surface area contributed by atoms with Crippen molar-refractivity contribution in [2.24, 2.45) is 0 Å². The van der Waals surface area contributed by atoms with Crippen molar-refractivity contribution in [3.05, 3.63) is 33.4 Å². The Labute approximate surface area is 147 Å². The van der Waals surface area contributed by atoms with Crippen molar-refractivity contribution in [3.63, 3.8) is 0 Å². The molecule has 0 aliphatic heterocycles. The Morgan fingerprint density at radius 2 is 1.77 bits per heavy atom. The maximum atomic E-state index is 12.1. The maximum absolute atomic E-state index is 12.1. The van der Waals surface area contributed by atoms with Crippen molar-refractivity contribution >= 4 is 23.8 Å². The van der Waals surface area contributed by atoms with E-state index in [1.54, 1.807) is 19.9 Å². The van der Waals surface area contributed by atoms with Crippen molar-refractivity contribution in [1.82, 2.24) is 4.90 Å². The monoisotopic (exact) mass is 367 g/mol. The molecule has 0 saturated heterocycles. The molecule has 140 valence electrons. The van der Waals surface area contributed by atoms with Crippen LogP contribution in [0.15, 0.2) is 17.7 Å². The molecule has 0 heterocycles. The van der Waals surface area contributed by atoms with Gasteiger partial charge in [-0.3, -0.25) is 14.9 Å². The van der Waals surface area contributed by atoms with E-state index < -0.39 is 34.2 Å². The van der Waals surface area contributed by atoms with Gasteiger partial charge in [0.25, 0.3) is 5.91 Å². The van der Waals surface area contributed by atoms with Crippen LogP contribution in [0.25, 0.3) is 6.08 Å². The second-order valence-corrected chi connectivity index (χ2v) is 4.59. The minimum Gasteiger partial charge on any atom is -0.504 e. The molecule has 0 radical (unpaired) electrons. The molecule has 11 heteroatoms. The van der Waals surface area contributed by atoms with Gasteiger partial charge in [-0.1, -0.05) is 0 Å². The topological polar surface area (TPSA) is 185 Å². The van der Waals surface area contributed by atoms with E-state index in [1.165, 1.54) is 4.90 Å². The summed E-state index contributed by atoms with van der Waals surface area (Å²) in [5.41, 5.74) is -0.860. The van der Waals surface area contributed by atoms with E-state index in [2.05, 4.69) is 0 Å². The zero-order valence-electron chi connectivity index (χ0n) is 13.9. The molecule has 0 bridgehead atoms. The Hall–Kier alpha value is -3.81. The van der Waals surface area contributed by atoms with Gasteiger partial charge in [0, 0.05) is 19.2 Å². The molecular weight excluding hydrogens is 350 g/mol. The number of nitriles is 1. The molecule has 0 aromatic heterocycles. The van der Waals surface area contributed by atoms with Crippen LogP contribution in [0.2, 0.25) is 0 Å². The number of nitro benzene ring substituents is 1. The zero-order chi connectivity index (χ0) is 20.4. The molecule has 26 heavy (non-hydrogen) atoms. The molecule has 4 N–H and O–H groups in total. The summed E-state index contributed by atoms with van der Waals surface area (Å²) in [7, 11) is 0. The molecule has 1 amide bonds. The highest BCUT2D eigenvalue weighted by Gasteiger charge is 2.20. The van der Waals surface area contributed by atoms with Crippen LogP contribution in [-0.2, 0) is 4.79 Å². The number of aromatic hydroxyl groups is 2. The van der Waals surface area contributed by atoms with Gasteiger partial charge in [0.05, 0.1) is 4.92 Å². The predicted octanol–water partition coefficient (Wildman–Crippen LogP) is 2.00. The highest BCUT2D eigenvalue weighted by molar-refractivity contribution is 6.01. The smallest absolute Gasteiger partial charge is 0.503 e. The summed E-state index contributed by atoms with van der Waals surface area (Å²) < 4.78 is 0. The van der Waals surface area contributed by atoms with E-state index in [4.69, 9.17) is 20.3 Å². The van der Waals surface area contributed by atoms with Gasteiger partial charge in [-0.05, 0) is 31.6 Å². The van der Waals surface area contributed by atoms with E-state index in [0.29, 0.717) is 13.1 Å². The number of nitrogens with zero attached hydrogens (tertiary/aromatic N) is 3. The Balaban J connectivity index is 0.00000141. The largest absolute Gasteiger partial charge is 0.504 e. The summed E-state index contributed by atoms with van der Waals surface area (Å²) in [6, 6.07) is 3.75. The van der Waals surface area contributed by atoms with Crippen LogP contribution in [0.5, 0.6) is 11.5 Å². The van der Waals surface area contributed by atoms with Crippen LogP contribution < -0.4 is 0 Å². The van der Waals surface area contributed by atoms with Crippen LogP contribution >= 0.6 is 0 Å². The molecule has 1 rings (SSSR count). The number of phenols is 2. The fraction of sp³-hybridized carbons (Fsp3) is 0.267. The second-order valence-electron chi connectivity index (χ2n) is 4.59. The van der Waals surface area contributed by atoms with Gasteiger partial charge in [0.1, 0.15) is 11.6 Å². The van der Waals surface area contributed by atoms with Crippen molar-refractivity contribution in [1.29, 1.82) is 5.26 Å². The number of hydrogen-bond acceptors (Lipinski definition) is 7. The third-order valence-electron chi connectivity index (χ3n) is 3.00. The summed E-state index contributed by atoms with van der Waals surface area (Å²) >= 11 is 0. The van der Waals surface area contributed by atoms with Crippen molar-refractivity contribution in [2.75, 3.05) is 13.1 Å². The van der Waals surface area contributed by atoms with E-state index in [0.717, 1.165) is 18.2 Å². The maximum Gasteiger partial charge on any atom is 0.503 e. The summed E-state index contributed by atoms with van der Waals surface area (Å²) in [4.78, 5) is 32.0. The lowest BCUT2D eigenvalue weighted by Crippen LogP contribution is -2.31. The first kappa shape index (κ1) is 22.2. The standard InChI is InChI=1S/C14H15N3O5.CH2O3/c1-3-16(4-2)14(20)10(8-15)5-9-6-11(17(21)22)13(19)12(18)7-9;2-1(3)4/h5-7,18-19H,3-4H2,1-2H3;(H2,2,3,4)/b10-5+;. The molecule has 0 fully saturated rings. The average molecular weight is 367 g/mol. The molecule has 0 aliphatic rings. The molecule has 0 spiro atoms. The lowest BCUT2D eigenvalue weighted by atomic mass is 10.1. The first-order chi connectivity index (χ1) is 12.1. The summed E-state index contributed by atoms with van der Waals surface area (Å²) in [6.07, 6.45) is -0.702. The van der Waals surface area contributed by atoms with Crippen LogP contribution in [0.1, 0.15) is 19.4 Å².